The summed E-state index contributed by atoms with van der Waals surface area (Å²) in [7, 11) is -2.13. The number of allylic oxidation sites excluding steroid dienone is 2. The van der Waals surface area contributed by atoms with Crippen molar-refractivity contribution in [2.24, 2.45) is 0 Å². The monoisotopic (exact) mass is 590 g/mol. The summed E-state index contributed by atoms with van der Waals surface area (Å²) in [5.74, 6) is 0. The predicted octanol–water partition coefficient (Wildman–Crippen LogP) is 11.6. The van der Waals surface area contributed by atoms with Crippen LogP contribution in [-0.2, 0) is 0 Å². The van der Waals surface area contributed by atoms with Gasteiger partial charge in [0.2, 0.25) is 0 Å². The van der Waals surface area contributed by atoms with Gasteiger partial charge in [0.25, 0.3) is 0 Å². The van der Waals surface area contributed by atoms with Crippen LogP contribution in [-0.4, -0.2) is 8.07 Å². The second-order valence-electron chi connectivity index (χ2n) is 10.1. The molecule has 5 heteroatoms. The number of thiophene rings is 4. The minimum absolute atomic E-state index is 1.31. The van der Waals surface area contributed by atoms with Gasteiger partial charge in [-0.2, -0.15) is 0 Å². The van der Waals surface area contributed by atoms with E-state index in [1.165, 1.54) is 51.5 Å². The molecule has 4 aromatic heterocycles. The molecule has 0 aliphatic carbocycles. The van der Waals surface area contributed by atoms with E-state index in [1.54, 1.807) is 10.4 Å². The molecular weight excluding hydrogens is 565 g/mol. The van der Waals surface area contributed by atoms with Gasteiger partial charge in [-0.25, -0.2) is 0 Å². The number of hydrogen-bond acceptors (Lipinski definition) is 4. The molecule has 2 aromatic carbocycles. The highest BCUT2D eigenvalue weighted by molar-refractivity contribution is 7.27. The Morgan fingerprint density at radius 3 is 1.21 bits per heavy atom. The zero-order valence-corrected chi connectivity index (χ0v) is 25.9. The van der Waals surface area contributed by atoms with Crippen LogP contribution >= 0.6 is 45.3 Å². The molecule has 5 heterocycles. The van der Waals surface area contributed by atoms with Crippen molar-refractivity contribution in [3.63, 3.8) is 0 Å². The van der Waals surface area contributed by atoms with Crippen molar-refractivity contribution >= 4 is 75.0 Å². The third-order valence-electron chi connectivity index (χ3n) is 7.36. The Bertz CT molecular complexity index is 1660. The van der Waals surface area contributed by atoms with E-state index in [4.69, 9.17) is 0 Å². The molecule has 0 radical (unpaired) electrons. The quantitative estimate of drug-likeness (QED) is 0.169. The van der Waals surface area contributed by atoms with E-state index in [0.717, 1.165) is 0 Å². The maximum atomic E-state index is 2.56. The Hall–Kier alpha value is -3.06. The van der Waals surface area contributed by atoms with Gasteiger partial charge < -0.3 is 0 Å². The molecule has 7 rings (SSSR count). The number of benzene rings is 2. The van der Waals surface area contributed by atoms with Crippen LogP contribution in [0.4, 0.5) is 0 Å². The first kappa shape index (κ1) is 24.9. The molecule has 0 nitrogen and oxygen atoms in total. The minimum atomic E-state index is -2.13. The maximum Gasteiger partial charge on any atom is 0.117 e. The van der Waals surface area contributed by atoms with Crippen LogP contribution in [0.3, 0.4) is 0 Å². The van der Waals surface area contributed by atoms with Crippen molar-refractivity contribution in [3.05, 3.63) is 141 Å². The summed E-state index contributed by atoms with van der Waals surface area (Å²) < 4.78 is 0. The molecule has 39 heavy (non-hydrogen) atoms. The molecule has 0 saturated heterocycles. The SMILES string of the molecule is C[Si]1(C)C(c2ccc(-c3cccs3)s2)=C(c2ccccc2)C(c2ccccc2)=C1c1ccc(-c2cccs2)s1. The van der Waals surface area contributed by atoms with Crippen molar-refractivity contribution in [1.29, 1.82) is 0 Å². The van der Waals surface area contributed by atoms with E-state index in [2.05, 4.69) is 133 Å². The highest BCUT2D eigenvalue weighted by Gasteiger charge is 2.44. The Labute approximate surface area is 246 Å². The van der Waals surface area contributed by atoms with Crippen molar-refractivity contribution in [2.75, 3.05) is 0 Å². The first-order valence-corrected chi connectivity index (χ1v) is 19.4. The average Bonchev–Trinajstić information content (AvgIpc) is 3.77. The van der Waals surface area contributed by atoms with Crippen LogP contribution < -0.4 is 0 Å². The van der Waals surface area contributed by atoms with Crippen LogP contribution in [0.1, 0.15) is 20.9 Å². The van der Waals surface area contributed by atoms with E-state index in [9.17, 15) is 0 Å². The first-order chi connectivity index (χ1) is 19.1. The van der Waals surface area contributed by atoms with E-state index in [0.29, 0.717) is 0 Å². The Kier molecular flexibility index (Phi) is 6.50. The fourth-order valence-corrected chi connectivity index (χ4v) is 14.6. The molecule has 6 aromatic rings. The fraction of sp³-hybridized carbons (Fsp3) is 0.0588. The second-order valence-corrected chi connectivity index (χ2v) is 18.5. The van der Waals surface area contributed by atoms with E-state index in [1.807, 2.05) is 45.3 Å². The van der Waals surface area contributed by atoms with Crippen LogP contribution in [0.15, 0.2) is 120 Å². The van der Waals surface area contributed by atoms with Crippen LogP contribution in [0.2, 0.25) is 13.1 Å². The van der Waals surface area contributed by atoms with Gasteiger partial charge in [0, 0.05) is 29.3 Å². The lowest BCUT2D eigenvalue weighted by atomic mass is 9.91. The molecule has 0 spiro atoms. The van der Waals surface area contributed by atoms with Crippen LogP contribution in [0.25, 0.3) is 41.0 Å². The second kappa shape index (κ2) is 10.2. The third-order valence-corrected chi connectivity index (χ3v) is 15.6. The van der Waals surface area contributed by atoms with Gasteiger partial charge in [-0.15, -0.1) is 45.3 Å². The summed E-state index contributed by atoms with van der Waals surface area (Å²) in [4.78, 5) is 8.23. The van der Waals surface area contributed by atoms with E-state index >= 15 is 0 Å². The molecule has 1 aliphatic rings. The Balaban J connectivity index is 1.51. The van der Waals surface area contributed by atoms with Gasteiger partial charge in [-0.3, -0.25) is 0 Å². The molecule has 0 amide bonds. The lowest BCUT2D eigenvalue weighted by Crippen LogP contribution is -2.27. The smallest absolute Gasteiger partial charge is 0.117 e. The lowest BCUT2D eigenvalue weighted by molar-refractivity contribution is 1.60. The normalized spacial score (nSPS) is 14.9. The molecule has 0 N–H and O–H groups in total. The van der Waals surface area contributed by atoms with Crippen LogP contribution in [0.5, 0.6) is 0 Å². The van der Waals surface area contributed by atoms with Crippen molar-refractivity contribution in [2.45, 2.75) is 13.1 Å². The molecule has 0 atom stereocenters. The van der Waals surface area contributed by atoms with Crippen molar-refractivity contribution < 1.29 is 0 Å². The highest BCUT2D eigenvalue weighted by Crippen LogP contribution is 2.58. The summed E-state index contributed by atoms with van der Waals surface area (Å²) in [5.41, 5.74) is 5.45. The molecule has 190 valence electrons. The zero-order chi connectivity index (χ0) is 26.4. The summed E-state index contributed by atoms with van der Waals surface area (Å²) >= 11 is 7.55. The van der Waals surface area contributed by atoms with Gasteiger partial charge in [0.1, 0.15) is 8.07 Å². The van der Waals surface area contributed by atoms with E-state index in [-0.39, 0.29) is 0 Å². The summed E-state index contributed by atoms with van der Waals surface area (Å²) in [6.45, 7) is 5.12. The summed E-state index contributed by atoms with van der Waals surface area (Å²) in [5, 5.41) is 7.46. The molecule has 0 bridgehead atoms. The molecule has 0 fully saturated rings. The van der Waals surface area contributed by atoms with Crippen LogP contribution in [0, 0.1) is 0 Å². The standard InChI is InChI=1S/C34H26S4Si/c1-39(2)33(29-19-17-27(37-29)25-15-9-21-35-25)31(23-11-5-3-6-12-23)32(24-13-7-4-8-14-24)34(39)30-20-18-28(38-30)26-16-10-22-36-26/h3-22H,1-2H3. The van der Waals surface area contributed by atoms with Gasteiger partial charge >= 0.3 is 0 Å². The minimum Gasteiger partial charge on any atom is -0.143 e. The maximum absolute atomic E-state index is 2.56. The van der Waals surface area contributed by atoms with Gasteiger partial charge in [-0.1, -0.05) is 85.9 Å². The topological polar surface area (TPSA) is 0 Å². The Morgan fingerprint density at radius 1 is 0.410 bits per heavy atom. The molecule has 0 unspecified atom stereocenters. The summed E-state index contributed by atoms with van der Waals surface area (Å²) in [6, 6.07) is 40.3. The third kappa shape index (κ3) is 4.39. The molecule has 1 aliphatic heterocycles. The zero-order valence-electron chi connectivity index (χ0n) is 21.7. The molecular formula is C34H26S4Si. The number of hydrogen-bond donors (Lipinski definition) is 0. The van der Waals surface area contributed by atoms with Gasteiger partial charge in [0.15, 0.2) is 0 Å². The largest absolute Gasteiger partial charge is 0.143 e. The van der Waals surface area contributed by atoms with Crippen molar-refractivity contribution in [1.82, 2.24) is 0 Å². The highest BCUT2D eigenvalue weighted by atomic mass is 32.1. The molecule has 0 saturated carbocycles. The predicted molar refractivity (Wildman–Crippen MR) is 179 cm³/mol. The van der Waals surface area contributed by atoms with Gasteiger partial charge in [-0.05, 0) is 79.8 Å². The van der Waals surface area contributed by atoms with E-state index < -0.39 is 8.07 Å². The lowest BCUT2D eigenvalue weighted by Gasteiger charge is -2.24. The first-order valence-electron chi connectivity index (χ1n) is 13.0. The summed E-state index contributed by atoms with van der Waals surface area (Å²) in [6.07, 6.45) is 0. The van der Waals surface area contributed by atoms with Gasteiger partial charge in [0.05, 0.1) is 0 Å². The Morgan fingerprint density at radius 2 is 0.821 bits per heavy atom. The number of rotatable bonds is 6. The average molecular weight is 591 g/mol. The van der Waals surface area contributed by atoms with Crippen molar-refractivity contribution in [3.8, 4) is 19.5 Å². The fourth-order valence-electron chi connectivity index (χ4n) is 5.70.